The van der Waals surface area contributed by atoms with E-state index in [1.807, 2.05) is 6.92 Å². The van der Waals surface area contributed by atoms with Gasteiger partial charge in [-0.25, -0.2) is 4.98 Å². The molecule has 0 atom stereocenters. The summed E-state index contributed by atoms with van der Waals surface area (Å²) < 4.78 is 0. The first-order valence-electron chi connectivity index (χ1n) is 8.73. The van der Waals surface area contributed by atoms with E-state index in [0.717, 1.165) is 23.3 Å². The third-order valence-corrected chi connectivity index (χ3v) is 4.55. The molecule has 2 heterocycles. The lowest BCUT2D eigenvalue weighted by atomic mass is 10.0. The van der Waals surface area contributed by atoms with E-state index in [4.69, 9.17) is 0 Å². The van der Waals surface area contributed by atoms with Gasteiger partial charge in [-0.1, -0.05) is 18.6 Å². The molecular weight excluding hydrogens is 314 g/mol. The van der Waals surface area contributed by atoms with Crippen LogP contribution in [0.5, 0.6) is 0 Å². The fraction of sp³-hybridized carbons (Fsp3) is 0.421. The van der Waals surface area contributed by atoms with Gasteiger partial charge >= 0.3 is 0 Å². The van der Waals surface area contributed by atoms with Crippen LogP contribution in [0.1, 0.15) is 47.4 Å². The minimum absolute atomic E-state index is 0.0103. The summed E-state index contributed by atoms with van der Waals surface area (Å²) in [6.07, 6.45) is 1.90. The number of nitrogens with zero attached hydrogens (tertiary/aromatic N) is 2. The molecular formula is C19H25N5O. The summed E-state index contributed by atoms with van der Waals surface area (Å²) in [5.41, 5.74) is 6.02. The minimum atomic E-state index is 0.0103. The van der Waals surface area contributed by atoms with Gasteiger partial charge in [0.1, 0.15) is 5.82 Å². The van der Waals surface area contributed by atoms with Crippen LogP contribution < -0.4 is 5.32 Å². The molecule has 0 spiro atoms. The first-order chi connectivity index (χ1) is 12.0. The highest BCUT2D eigenvalue weighted by atomic mass is 16.1. The van der Waals surface area contributed by atoms with Crippen molar-refractivity contribution in [2.45, 2.75) is 53.5 Å². The summed E-state index contributed by atoms with van der Waals surface area (Å²) in [7, 11) is 0. The molecule has 132 valence electrons. The number of hydrogen-bond acceptors (Lipinski definition) is 3. The Balaban J connectivity index is 1.69. The highest BCUT2D eigenvalue weighted by Crippen LogP contribution is 2.26. The second kappa shape index (κ2) is 7.09. The lowest BCUT2D eigenvalue weighted by Gasteiger charge is -2.08. The van der Waals surface area contributed by atoms with Gasteiger partial charge in [0.25, 0.3) is 0 Å². The number of nitrogens with one attached hydrogen (secondary N) is 3. The third-order valence-electron chi connectivity index (χ3n) is 4.55. The maximum Gasteiger partial charge on any atom is 0.220 e. The largest absolute Gasteiger partial charge is 0.358 e. The van der Waals surface area contributed by atoms with E-state index in [1.54, 1.807) is 0 Å². The summed E-state index contributed by atoms with van der Waals surface area (Å²) in [4.78, 5) is 19.9. The Morgan fingerprint density at radius 3 is 2.72 bits per heavy atom. The number of H-pyrrole nitrogens is 2. The molecule has 0 radical (unpaired) electrons. The second-order valence-electron chi connectivity index (χ2n) is 6.54. The average Bonchev–Trinajstić information content (AvgIpc) is 3.14. The Kier molecular flexibility index (Phi) is 4.88. The molecule has 0 aliphatic heterocycles. The van der Waals surface area contributed by atoms with E-state index in [-0.39, 0.29) is 5.91 Å². The number of benzene rings is 1. The summed E-state index contributed by atoms with van der Waals surface area (Å²) in [5, 5.41) is 11.1. The number of carbonyl (C=O) groups excluding carboxylic acids is 1. The number of rotatable bonds is 6. The van der Waals surface area contributed by atoms with Gasteiger partial charge in [-0.2, -0.15) is 5.10 Å². The number of hydrogen-bond donors (Lipinski definition) is 3. The van der Waals surface area contributed by atoms with Gasteiger partial charge in [-0.3, -0.25) is 9.89 Å². The Morgan fingerprint density at radius 2 is 2.04 bits per heavy atom. The van der Waals surface area contributed by atoms with Crippen LogP contribution in [-0.4, -0.2) is 26.1 Å². The van der Waals surface area contributed by atoms with Crippen molar-refractivity contribution in [1.82, 2.24) is 25.5 Å². The molecule has 0 bridgehead atoms. The standard InChI is InChI=1S/C19H25N5O/c1-5-16-12(3)15-9-11(2)8-14(19(15)22-16)10-20-18(25)7-6-17-21-13(4)23-24-17/h8-9,22H,5-7,10H2,1-4H3,(H,20,25)(H,21,23,24). The molecule has 0 unspecified atom stereocenters. The SMILES string of the molecule is CCc1[nH]c2c(CNC(=O)CCc3n[nH]c(C)n3)cc(C)cc2c1C. The molecule has 3 N–H and O–H groups in total. The van der Waals surface area contributed by atoms with Gasteiger partial charge < -0.3 is 10.3 Å². The second-order valence-corrected chi connectivity index (χ2v) is 6.54. The smallest absolute Gasteiger partial charge is 0.220 e. The first-order valence-corrected chi connectivity index (χ1v) is 8.73. The van der Waals surface area contributed by atoms with Crippen LogP contribution in [0.3, 0.4) is 0 Å². The van der Waals surface area contributed by atoms with Crippen LogP contribution in [0.2, 0.25) is 0 Å². The predicted octanol–water partition coefficient (Wildman–Crippen LogP) is 3.02. The summed E-state index contributed by atoms with van der Waals surface area (Å²) >= 11 is 0. The maximum atomic E-state index is 12.2. The van der Waals surface area contributed by atoms with Crippen LogP contribution >= 0.6 is 0 Å². The fourth-order valence-electron chi connectivity index (χ4n) is 3.21. The van der Waals surface area contributed by atoms with E-state index < -0.39 is 0 Å². The molecule has 3 rings (SSSR count). The average molecular weight is 339 g/mol. The summed E-state index contributed by atoms with van der Waals surface area (Å²) in [5.74, 6) is 1.46. The van der Waals surface area contributed by atoms with Gasteiger partial charge in [-0.15, -0.1) is 0 Å². The number of aryl methyl sites for hydroxylation is 5. The van der Waals surface area contributed by atoms with E-state index in [2.05, 4.69) is 58.4 Å². The molecule has 0 aliphatic carbocycles. The Bertz CT molecular complexity index is 906. The number of aromatic amines is 2. The number of fused-ring (bicyclic) bond motifs is 1. The van der Waals surface area contributed by atoms with Crippen LogP contribution in [0.4, 0.5) is 0 Å². The molecule has 0 saturated heterocycles. The van der Waals surface area contributed by atoms with Crippen LogP contribution in [0.25, 0.3) is 10.9 Å². The lowest BCUT2D eigenvalue weighted by molar-refractivity contribution is -0.121. The van der Waals surface area contributed by atoms with Gasteiger partial charge in [0, 0.05) is 30.5 Å². The highest BCUT2D eigenvalue weighted by Gasteiger charge is 2.12. The monoisotopic (exact) mass is 339 g/mol. The van der Waals surface area contributed by atoms with Crippen molar-refractivity contribution in [3.63, 3.8) is 0 Å². The first kappa shape index (κ1) is 17.2. The Labute approximate surface area is 147 Å². The third kappa shape index (κ3) is 3.73. The van der Waals surface area contributed by atoms with Gasteiger partial charge in [0.2, 0.25) is 5.91 Å². The van der Waals surface area contributed by atoms with Gasteiger partial charge in [0.15, 0.2) is 5.82 Å². The van der Waals surface area contributed by atoms with Crippen molar-refractivity contribution in [3.05, 3.63) is 46.2 Å². The number of aromatic nitrogens is 4. The van der Waals surface area contributed by atoms with E-state index >= 15 is 0 Å². The van der Waals surface area contributed by atoms with E-state index in [0.29, 0.717) is 25.2 Å². The van der Waals surface area contributed by atoms with Crippen molar-refractivity contribution < 1.29 is 4.79 Å². The fourth-order valence-corrected chi connectivity index (χ4v) is 3.21. The summed E-state index contributed by atoms with van der Waals surface area (Å²) in [6, 6.07) is 4.34. The normalized spacial score (nSPS) is 11.2. The quantitative estimate of drug-likeness (QED) is 0.645. The molecule has 0 saturated carbocycles. The summed E-state index contributed by atoms with van der Waals surface area (Å²) in [6.45, 7) is 8.76. The van der Waals surface area contributed by atoms with Crippen LogP contribution in [0, 0.1) is 20.8 Å². The molecule has 6 nitrogen and oxygen atoms in total. The van der Waals surface area contributed by atoms with E-state index in [9.17, 15) is 4.79 Å². The zero-order valence-electron chi connectivity index (χ0n) is 15.3. The molecule has 1 aromatic carbocycles. The predicted molar refractivity (Wildman–Crippen MR) is 98.4 cm³/mol. The maximum absolute atomic E-state index is 12.2. The van der Waals surface area contributed by atoms with Crippen molar-refractivity contribution in [2.75, 3.05) is 0 Å². The number of carbonyl (C=O) groups is 1. The molecule has 0 fully saturated rings. The molecule has 2 aromatic heterocycles. The highest BCUT2D eigenvalue weighted by molar-refractivity contribution is 5.88. The van der Waals surface area contributed by atoms with Crippen molar-refractivity contribution in [2.24, 2.45) is 0 Å². The number of amides is 1. The van der Waals surface area contributed by atoms with Crippen molar-refractivity contribution in [1.29, 1.82) is 0 Å². The molecule has 3 aromatic rings. The molecule has 0 aliphatic rings. The lowest BCUT2D eigenvalue weighted by Crippen LogP contribution is -2.23. The Hall–Kier alpha value is -2.63. The van der Waals surface area contributed by atoms with E-state index in [1.165, 1.54) is 22.2 Å². The van der Waals surface area contributed by atoms with Crippen molar-refractivity contribution >= 4 is 16.8 Å². The topological polar surface area (TPSA) is 86.5 Å². The Morgan fingerprint density at radius 1 is 1.24 bits per heavy atom. The molecule has 1 amide bonds. The van der Waals surface area contributed by atoms with Crippen LogP contribution in [0.15, 0.2) is 12.1 Å². The van der Waals surface area contributed by atoms with Gasteiger partial charge in [0.05, 0.1) is 5.52 Å². The zero-order valence-corrected chi connectivity index (χ0v) is 15.3. The van der Waals surface area contributed by atoms with Crippen LogP contribution in [-0.2, 0) is 24.2 Å². The van der Waals surface area contributed by atoms with Gasteiger partial charge in [-0.05, 0) is 44.4 Å². The zero-order chi connectivity index (χ0) is 18.0. The molecule has 6 heteroatoms. The molecule has 25 heavy (non-hydrogen) atoms. The minimum Gasteiger partial charge on any atom is -0.358 e. The van der Waals surface area contributed by atoms with Crippen molar-refractivity contribution in [3.8, 4) is 0 Å².